The van der Waals surface area contributed by atoms with Gasteiger partial charge in [-0.25, -0.2) is 19.2 Å². The largest absolute Gasteiger partial charge is 0.507 e. The van der Waals surface area contributed by atoms with Crippen molar-refractivity contribution in [3.63, 3.8) is 0 Å². The first-order valence-electron chi connectivity index (χ1n) is 23.6. The number of carbonyl (C=O) groups excluding carboxylic acids is 7. The van der Waals surface area contributed by atoms with E-state index in [2.05, 4.69) is 26.1 Å². The second kappa shape index (κ2) is 27.3. The summed E-state index contributed by atoms with van der Waals surface area (Å²) in [5.74, 6) is -3.25. The molecule has 1 atom stereocenters. The third kappa shape index (κ3) is 15.4. The molecule has 396 valence electrons. The number of para-hydroxylation sites is 8. The summed E-state index contributed by atoms with van der Waals surface area (Å²) >= 11 is 5.11. The van der Waals surface area contributed by atoms with E-state index in [-0.39, 0.29) is 79.5 Å². The molecule has 0 bridgehead atoms. The summed E-state index contributed by atoms with van der Waals surface area (Å²) in [6.45, 7) is 6.50. The Balaban J connectivity index is 0.000000192. The molecular formula is C60H49ClN2O15. The standard InChI is InChI=1S/C28H16O8.C14H11NO3.C7H5ClO2.C7H7NO2.C4H10/c29-25-17-9-1-5-13-21(17)33-26(30)19-11-3-7-15-23(19)35-28(32)20-12-4-8-16-24(20)36-27(31)18-10-2-6-14-22(18)34-25;16-11-7-3-1-5-9(11)14-15-13(17)10-6-2-4-8-12(10)18-14;2*8-7(10)5-3-1-2-4-6(5)9;1-4(2)3/h1-16H;1-8,14,16H,(H,15,17);1-4,9H;1-4,9H,(H2,8,10);4H,1-3H3. The van der Waals surface area contributed by atoms with Crippen molar-refractivity contribution < 1.29 is 72.6 Å². The highest BCUT2D eigenvalue weighted by molar-refractivity contribution is 6.68. The molecule has 2 aliphatic heterocycles. The Morgan fingerprint density at radius 1 is 0.436 bits per heavy atom. The average Bonchev–Trinajstić information content (AvgIpc) is 3.42. The molecule has 8 aromatic rings. The van der Waals surface area contributed by atoms with Gasteiger partial charge in [-0.1, -0.05) is 118 Å². The van der Waals surface area contributed by atoms with Crippen molar-refractivity contribution in [3.05, 3.63) is 239 Å². The number of carbonyl (C=O) groups is 7. The minimum atomic E-state index is -0.856. The summed E-state index contributed by atoms with van der Waals surface area (Å²) in [5, 5.41) is 29.8. The number of rotatable bonds is 3. The fourth-order valence-electron chi connectivity index (χ4n) is 6.80. The van der Waals surface area contributed by atoms with Crippen LogP contribution in [0.1, 0.15) is 105 Å². The van der Waals surface area contributed by atoms with Crippen LogP contribution in [0.5, 0.6) is 46.0 Å². The van der Waals surface area contributed by atoms with Crippen molar-refractivity contribution in [3.8, 4) is 46.0 Å². The van der Waals surface area contributed by atoms with Crippen LogP contribution in [0.4, 0.5) is 0 Å². The number of hydrogen-bond donors (Lipinski definition) is 5. The number of fused-ring (bicyclic) bond motifs is 5. The van der Waals surface area contributed by atoms with Crippen LogP contribution < -0.4 is 34.7 Å². The average molecular weight is 1070 g/mol. The monoisotopic (exact) mass is 1070 g/mol. The minimum absolute atomic E-state index is 0.0547. The molecule has 8 aromatic carbocycles. The molecule has 78 heavy (non-hydrogen) atoms. The molecule has 0 saturated heterocycles. The molecular weight excluding hydrogens is 1020 g/mol. The Kier molecular flexibility index (Phi) is 20.0. The quantitative estimate of drug-likeness (QED) is 0.0626. The molecule has 0 aliphatic carbocycles. The van der Waals surface area contributed by atoms with Gasteiger partial charge >= 0.3 is 23.9 Å². The highest BCUT2D eigenvalue weighted by Crippen LogP contribution is 2.33. The molecule has 18 heteroatoms. The van der Waals surface area contributed by atoms with E-state index in [9.17, 15) is 38.7 Å². The maximum atomic E-state index is 13.0. The number of aromatic hydroxyl groups is 3. The van der Waals surface area contributed by atoms with Gasteiger partial charge < -0.3 is 50.1 Å². The molecule has 0 saturated carbocycles. The number of hydrogen-bond acceptors (Lipinski definition) is 15. The Bertz CT molecular complexity index is 3200. The highest BCUT2D eigenvalue weighted by Gasteiger charge is 2.29. The summed E-state index contributed by atoms with van der Waals surface area (Å²) in [5.41, 5.74) is 6.04. The number of phenolic OH excluding ortho intramolecular Hbond substituents is 2. The van der Waals surface area contributed by atoms with Crippen molar-refractivity contribution in [2.24, 2.45) is 11.7 Å². The van der Waals surface area contributed by atoms with Gasteiger partial charge in [-0.05, 0) is 115 Å². The zero-order chi connectivity index (χ0) is 56.3. The molecule has 6 N–H and O–H groups in total. The Morgan fingerprint density at radius 3 is 1.05 bits per heavy atom. The molecule has 1 unspecified atom stereocenters. The topological polar surface area (TPSA) is 264 Å². The fraction of sp³-hybridized carbons (Fsp3) is 0.0833. The SMILES string of the molecule is CC(C)C.NC(=O)c1ccccc1O.O=C(Cl)c1ccccc1O.O=C1NC(c2ccccc2O)Oc2ccccc21.O=C1Oc2ccccc2C(=O)Oc2ccccc2C(=O)Oc2ccccc2C(=O)Oc2ccccc21. The van der Waals surface area contributed by atoms with Crippen molar-refractivity contribution in [2.75, 3.05) is 0 Å². The third-order valence-electron chi connectivity index (χ3n) is 10.4. The van der Waals surface area contributed by atoms with E-state index < -0.39 is 41.3 Å². The Labute approximate surface area is 451 Å². The molecule has 10 rings (SSSR count). The predicted octanol–water partition coefficient (Wildman–Crippen LogP) is 11.0. The smallest absolute Gasteiger partial charge is 0.347 e. The van der Waals surface area contributed by atoms with Crippen molar-refractivity contribution in [1.29, 1.82) is 0 Å². The maximum absolute atomic E-state index is 13.0. The molecule has 2 aliphatic rings. The number of halogens is 1. The number of nitrogens with two attached hydrogens (primary N) is 1. The van der Waals surface area contributed by atoms with Crippen LogP contribution in [0.15, 0.2) is 194 Å². The Morgan fingerprint density at radius 2 is 0.731 bits per heavy atom. The first-order valence-corrected chi connectivity index (χ1v) is 24.0. The lowest BCUT2D eigenvalue weighted by molar-refractivity contribution is 0.0680. The van der Waals surface area contributed by atoms with Crippen LogP contribution in [-0.2, 0) is 0 Å². The van der Waals surface area contributed by atoms with E-state index in [1.54, 1.807) is 121 Å². The lowest BCUT2D eigenvalue weighted by Crippen LogP contribution is -2.36. The molecule has 0 aromatic heterocycles. The third-order valence-corrected chi connectivity index (χ3v) is 10.6. The number of amides is 2. The summed E-state index contributed by atoms with van der Waals surface area (Å²) in [7, 11) is 0. The van der Waals surface area contributed by atoms with E-state index in [4.69, 9.17) is 51.2 Å². The van der Waals surface area contributed by atoms with Gasteiger partial charge in [-0.3, -0.25) is 14.4 Å². The first-order chi connectivity index (χ1) is 37.4. The van der Waals surface area contributed by atoms with E-state index in [0.29, 0.717) is 16.9 Å². The summed E-state index contributed by atoms with van der Waals surface area (Å²) in [6, 6.07) is 50.0. The normalized spacial score (nSPS) is 13.1. The minimum Gasteiger partial charge on any atom is -0.507 e. The highest BCUT2D eigenvalue weighted by atomic mass is 35.5. The van der Waals surface area contributed by atoms with Crippen LogP contribution in [0.25, 0.3) is 0 Å². The summed E-state index contributed by atoms with van der Waals surface area (Å²) in [6.07, 6.45) is -0.659. The van der Waals surface area contributed by atoms with Crippen LogP contribution in [0.3, 0.4) is 0 Å². The van der Waals surface area contributed by atoms with Gasteiger partial charge in [0.1, 0.15) is 68.2 Å². The van der Waals surface area contributed by atoms with Crippen LogP contribution in [0.2, 0.25) is 0 Å². The van der Waals surface area contributed by atoms with Gasteiger partial charge in [0.25, 0.3) is 17.1 Å². The Hall–Kier alpha value is -10.3. The predicted molar refractivity (Wildman–Crippen MR) is 286 cm³/mol. The van der Waals surface area contributed by atoms with Gasteiger partial charge in [-0.15, -0.1) is 0 Å². The molecule has 2 heterocycles. The number of primary amides is 1. The van der Waals surface area contributed by atoms with E-state index >= 15 is 0 Å². The van der Waals surface area contributed by atoms with Crippen molar-refractivity contribution >= 4 is 52.5 Å². The van der Waals surface area contributed by atoms with Gasteiger partial charge in [0.2, 0.25) is 6.23 Å². The zero-order valence-corrected chi connectivity index (χ0v) is 42.6. The molecule has 17 nitrogen and oxygen atoms in total. The lowest BCUT2D eigenvalue weighted by Gasteiger charge is -2.27. The molecule has 0 radical (unpaired) electrons. The number of phenols is 3. The van der Waals surface area contributed by atoms with E-state index in [1.807, 2.05) is 0 Å². The fourth-order valence-corrected chi connectivity index (χ4v) is 6.96. The van der Waals surface area contributed by atoms with Crippen LogP contribution in [0, 0.1) is 5.92 Å². The zero-order valence-electron chi connectivity index (χ0n) is 41.8. The van der Waals surface area contributed by atoms with E-state index in [1.165, 1.54) is 72.8 Å². The first kappa shape index (κ1) is 57.0. The van der Waals surface area contributed by atoms with Crippen LogP contribution >= 0.6 is 11.6 Å². The number of esters is 4. The maximum Gasteiger partial charge on any atom is 0.347 e. The van der Waals surface area contributed by atoms with Gasteiger partial charge in [0.15, 0.2) is 0 Å². The second-order valence-electron chi connectivity index (χ2n) is 17.0. The lowest BCUT2D eigenvalue weighted by atomic mass is 10.1. The number of nitrogens with one attached hydrogen (secondary N) is 1. The van der Waals surface area contributed by atoms with Gasteiger partial charge in [0.05, 0.1) is 22.3 Å². The van der Waals surface area contributed by atoms with Crippen LogP contribution in [-0.4, -0.2) is 56.3 Å². The second-order valence-corrected chi connectivity index (χ2v) is 17.3. The summed E-state index contributed by atoms with van der Waals surface area (Å²) < 4.78 is 27.6. The van der Waals surface area contributed by atoms with Gasteiger partial charge in [0, 0.05) is 0 Å². The summed E-state index contributed by atoms with van der Waals surface area (Å²) in [4.78, 5) is 85.0. The van der Waals surface area contributed by atoms with Gasteiger partial charge in [-0.2, -0.15) is 0 Å². The molecule has 0 spiro atoms. The number of benzene rings is 8. The van der Waals surface area contributed by atoms with Crippen molar-refractivity contribution in [2.45, 2.75) is 27.0 Å². The number of ether oxygens (including phenoxy) is 5. The molecule has 0 fully saturated rings. The van der Waals surface area contributed by atoms with Crippen molar-refractivity contribution in [1.82, 2.24) is 5.32 Å². The van der Waals surface area contributed by atoms with E-state index in [0.717, 1.165) is 5.92 Å². The molecule has 2 amide bonds.